The largest absolute Gasteiger partial charge is 0.338 e. The van der Waals surface area contributed by atoms with Gasteiger partial charge in [-0.3, -0.25) is 4.90 Å². The topological polar surface area (TPSA) is 35.6 Å². The van der Waals surface area contributed by atoms with Crippen molar-refractivity contribution in [2.45, 2.75) is 31.7 Å². The van der Waals surface area contributed by atoms with Gasteiger partial charge in [0.1, 0.15) is 0 Å². The van der Waals surface area contributed by atoms with Gasteiger partial charge in [0, 0.05) is 44.5 Å². The molecular formula is C19H29N3OS. The molecule has 5 heteroatoms. The van der Waals surface area contributed by atoms with Crippen LogP contribution >= 0.6 is 11.8 Å². The van der Waals surface area contributed by atoms with Gasteiger partial charge in [0.2, 0.25) is 0 Å². The number of thioether (sulfide) groups is 1. The molecule has 0 saturated carbocycles. The molecule has 24 heavy (non-hydrogen) atoms. The summed E-state index contributed by atoms with van der Waals surface area (Å²) in [6.07, 6.45) is 4.43. The van der Waals surface area contributed by atoms with Gasteiger partial charge >= 0.3 is 6.03 Å². The lowest BCUT2D eigenvalue weighted by Crippen LogP contribution is -2.43. The average Bonchev–Trinajstić information content (AvgIpc) is 3.04. The molecule has 1 aromatic carbocycles. The molecule has 2 amide bonds. The summed E-state index contributed by atoms with van der Waals surface area (Å²) in [6.45, 7) is 4.69. The van der Waals surface area contributed by atoms with Crippen LogP contribution < -0.4 is 5.32 Å². The second kappa shape index (κ2) is 9.33. The fourth-order valence-electron chi connectivity index (χ4n) is 3.56. The third kappa shape index (κ3) is 5.15. The molecule has 3 rings (SSSR count). The number of amides is 2. The zero-order valence-corrected chi connectivity index (χ0v) is 15.3. The third-order valence-corrected chi connectivity index (χ3v) is 6.15. The fourth-order valence-corrected chi connectivity index (χ4v) is 4.82. The van der Waals surface area contributed by atoms with Crippen LogP contribution in [0, 0.1) is 0 Å². The van der Waals surface area contributed by atoms with E-state index in [0.717, 1.165) is 58.0 Å². The van der Waals surface area contributed by atoms with Crippen molar-refractivity contribution in [1.29, 1.82) is 0 Å². The van der Waals surface area contributed by atoms with Crippen molar-refractivity contribution in [3.05, 3.63) is 35.9 Å². The van der Waals surface area contributed by atoms with E-state index in [9.17, 15) is 4.79 Å². The molecule has 0 bridgehead atoms. The van der Waals surface area contributed by atoms with Gasteiger partial charge in [0.05, 0.1) is 0 Å². The zero-order valence-electron chi connectivity index (χ0n) is 14.5. The molecule has 2 heterocycles. The maximum absolute atomic E-state index is 12.4. The van der Waals surface area contributed by atoms with E-state index in [1.807, 2.05) is 11.0 Å². The summed E-state index contributed by atoms with van der Waals surface area (Å²) in [5.74, 6) is 2.57. The molecule has 132 valence electrons. The van der Waals surface area contributed by atoms with Crippen LogP contribution in [0.4, 0.5) is 4.79 Å². The van der Waals surface area contributed by atoms with E-state index < -0.39 is 0 Å². The van der Waals surface area contributed by atoms with Crippen molar-refractivity contribution < 1.29 is 4.79 Å². The number of nitrogens with one attached hydrogen (secondary N) is 1. The molecule has 1 unspecified atom stereocenters. The third-order valence-electron chi connectivity index (χ3n) is 5.00. The minimum Gasteiger partial charge on any atom is -0.338 e. The molecule has 1 N–H and O–H groups in total. The van der Waals surface area contributed by atoms with Crippen molar-refractivity contribution in [3.63, 3.8) is 0 Å². The predicted octanol–water partition coefficient (Wildman–Crippen LogP) is 2.84. The van der Waals surface area contributed by atoms with Crippen LogP contribution in [-0.4, -0.2) is 66.1 Å². The number of urea groups is 1. The van der Waals surface area contributed by atoms with E-state index in [2.05, 4.69) is 46.2 Å². The van der Waals surface area contributed by atoms with Gasteiger partial charge in [-0.15, -0.1) is 0 Å². The molecule has 0 radical (unpaired) electrons. The Hall–Kier alpha value is -1.20. The first-order valence-electron chi connectivity index (χ1n) is 9.21. The summed E-state index contributed by atoms with van der Waals surface area (Å²) in [5.41, 5.74) is 1.34. The van der Waals surface area contributed by atoms with Crippen molar-refractivity contribution in [2.75, 3.05) is 44.2 Å². The van der Waals surface area contributed by atoms with Gasteiger partial charge in [0.25, 0.3) is 0 Å². The second-order valence-corrected chi connectivity index (χ2v) is 7.86. The van der Waals surface area contributed by atoms with Crippen molar-refractivity contribution >= 4 is 17.8 Å². The summed E-state index contributed by atoms with van der Waals surface area (Å²) in [5, 5.41) is 3.10. The number of rotatable bonds is 5. The van der Waals surface area contributed by atoms with E-state index in [0.29, 0.717) is 0 Å². The van der Waals surface area contributed by atoms with Crippen molar-refractivity contribution in [1.82, 2.24) is 15.1 Å². The molecule has 1 atom stereocenters. The molecule has 2 saturated heterocycles. The molecule has 4 nitrogen and oxygen atoms in total. The summed E-state index contributed by atoms with van der Waals surface area (Å²) in [4.78, 5) is 17.0. The molecule has 2 fully saturated rings. The van der Waals surface area contributed by atoms with Crippen molar-refractivity contribution in [3.8, 4) is 0 Å². The first-order chi connectivity index (χ1) is 11.8. The minimum atomic E-state index is 0.116. The number of carbonyl (C=O) groups is 1. The Kier molecular flexibility index (Phi) is 6.85. The highest BCUT2D eigenvalue weighted by molar-refractivity contribution is 7.99. The Bertz CT molecular complexity index is 505. The Balaban J connectivity index is 1.35. The number of benzene rings is 1. The van der Waals surface area contributed by atoms with Gasteiger partial charge in [-0.1, -0.05) is 30.3 Å². The fraction of sp³-hybridized carbons (Fsp3) is 0.632. The molecule has 1 aromatic rings. The SMILES string of the molecule is O=C(NCCCc1ccccc1)N1CCCN(C2CCSC2)CC1. The predicted molar refractivity (Wildman–Crippen MR) is 102 cm³/mol. The number of hydrogen-bond donors (Lipinski definition) is 1. The summed E-state index contributed by atoms with van der Waals surface area (Å²) < 4.78 is 0. The lowest BCUT2D eigenvalue weighted by Gasteiger charge is -2.26. The molecule has 2 aliphatic rings. The van der Waals surface area contributed by atoms with E-state index in [-0.39, 0.29) is 6.03 Å². The standard InChI is InChI=1S/C19H29N3OS/c23-19(20-10-4-8-17-6-2-1-3-7-17)22-12-5-11-21(13-14-22)18-9-15-24-16-18/h1-3,6-7,18H,4-5,8-16H2,(H,20,23). The Morgan fingerprint density at radius 3 is 2.83 bits per heavy atom. The zero-order chi connectivity index (χ0) is 16.6. The van der Waals surface area contributed by atoms with E-state index in [4.69, 9.17) is 0 Å². The lowest BCUT2D eigenvalue weighted by molar-refractivity contribution is 0.192. The van der Waals surface area contributed by atoms with E-state index >= 15 is 0 Å². The highest BCUT2D eigenvalue weighted by atomic mass is 32.2. The van der Waals surface area contributed by atoms with Crippen molar-refractivity contribution in [2.24, 2.45) is 0 Å². The van der Waals surface area contributed by atoms with Crippen LogP contribution in [-0.2, 0) is 6.42 Å². The quantitative estimate of drug-likeness (QED) is 0.832. The van der Waals surface area contributed by atoms with Crippen LogP contribution in [0.15, 0.2) is 30.3 Å². The minimum absolute atomic E-state index is 0.116. The molecular weight excluding hydrogens is 318 g/mol. The smallest absolute Gasteiger partial charge is 0.317 e. The number of hydrogen-bond acceptors (Lipinski definition) is 3. The van der Waals surface area contributed by atoms with Crippen LogP contribution in [0.2, 0.25) is 0 Å². The van der Waals surface area contributed by atoms with E-state index in [1.54, 1.807) is 0 Å². The molecule has 2 aliphatic heterocycles. The Morgan fingerprint density at radius 2 is 2.04 bits per heavy atom. The maximum Gasteiger partial charge on any atom is 0.317 e. The van der Waals surface area contributed by atoms with E-state index in [1.165, 1.54) is 23.5 Å². The number of aryl methyl sites for hydroxylation is 1. The van der Waals surface area contributed by atoms with Crippen LogP contribution in [0.25, 0.3) is 0 Å². The average molecular weight is 348 g/mol. The Morgan fingerprint density at radius 1 is 1.17 bits per heavy atom. The summed E-state index contributed by atoms with van der Waals surface area (Å²) >= 11 is 2.07. The van der Waals surface area contributed by atoms with Gasteiger partial charge in [-0.25, -0.2) is 4.79 Å². The van der Waals surface area contributed by atoms with Gasteiger partial charge in [-0.05, 0) is 37.0 Å². The first-order valence-corrected chi connectivity index (χ1v) is 10.4. The monoisotopic (exact) mass is 347 g/mol. The molecule has 0 spiro atoms. The van der Waals surface area contributed by atoms with Crippen LogP contribution in [0.1, 0.15) is 24.8 Å². The van der Waals surface area contributed by atoms with Gasteiger partial charge in [-0.2, -0.15) is 11.8 Å². The summed E-state index contributed by atoms with van der Waals surface area (Å²) in [7, 11) is 0. The van der Waals surface area contributed by atoms with Crippen LogP contribution in [0.3, 0.4) is 0 Å². The van der Waals surface area contributed by atoms with Gasteiger partial charge < -0.3 is 10.2 Å². The normalized spacial score (nSPS) is 22.3. The number of carbonyl (C=O) groups excluding carboxylic acids is 1. The molecule has 0 aromatic heterocycles. The lowest BCUT2D eigenvalue weighted by atomic mass is 10.1. The second-order valence-electron chi connectivity index (χ2n) is 6.72. The summed E-state index contributed by atoms with van der Waals surface area (Å²) in [6, 6.07) is 11.3. The highest BCUT2D eigenvalue weighted by Gasteiger charge is 2.26. The first kappa shape index (κ1) is 17.6. The maximum atomic E-state index is 12.4. The van der Waals surface area contributed by atoms with Gasteiger partial charge in [0.15, 0.2) is 0 Å². The molecule has 0 aliphatic carbocycles. The number of nitrogens with zero attached hydrogens (tertiary/aromatic N) is 2. The Labute approximate surface area is 150 Å². The highest BCUT2D eigenvalue weighted by Crippen LogP contribution is 2.23. The van der Waals surface area contributed by atoms with Crippen LogP contribution in [0.5, 0.6) is 0 Å².